The van der Waals surface area contributed by atoms with Gasteiger partial charge in [-0.2, -0.15) is 0 Å². The van der Waals surface area contributed by atoms with Crippen LogP contribution in [0.1, 0.15) is 0 Å². The van der Waals surface area contributed by atoms with E-state index in [9.17, 15) is 0 Å². The number of nitrogens with zero attached hydrogens (tertiary/aromatic N) is 6. The topological polar surface area (TPSA) is 77.3 Å². The van der Waals surface area contributed by atoms with Crippen LogP contribution in [0.5, 0.6) is 0 Å². The van der Waals surface area contributed by atoms with E-state index in [0.717, 1.165) is 61.2 Å². The molecule has 0 spiro atoms. The van der Waals surface area contributed by atoms with Crippen LogP contribution in [0.25, 0.3) is 112 Å². The van der Waals surface area contributed by atoms with Crippen molar-refractivity contribution in [1.29, 1.82) is 0 Å². The first kappa shape index (κ1) is 38.2. The predicted molar refractivity (Wildman–Crippen MR) is 260 cm³/mol. The molecule has 2 heterocycles. The second-order valence-corrected chi connectivity index (χ2v) is 15.5. The standard InChI is InChI=1S/C58H38N6/c1-5-18-42(19-6-1)53-59-54(43-20-7-2-8-21-43)62-57(61-53)46-35-31-40(32-36-46)49-28-16-30-51(50-29-15-26-39-17-13-14-27-48(39)50)52(49)41-33-37-47(38-34-41)58-63-55(44-22-9-3-10-23-44)60-56(64-58)45-24-11-4-12-25-45/h1-38H. The van der Waals surface area contributed by atoms with Crippen molar-refractivity contribution < 1.29 is 0 Å². The van der Waals surface area contributed by atoms with Crippen molar-refractivity contribution >= 4 is 10.8 Å². The summed E-state index contributed by atoms with van der Waals surface area (Å²) in [6.45, 7) is 0. The van der Waals surface area contributed by atoms with Gasteiger partial charge in [-0.3, -0.25) is 0 Å². The highest BCUT2D eigenvalue weighted by Crippen LogP contribution is 2.43. The Morgan fingerprint density at radius 2 is 0.484 bits per heavy atom. The largest absolute Gasteiger partial charge is 0.208 e. The molecule has 6 heteroatoms. The van der Waals surface area contributed by atoms with E-state index in [1.54, 1.807) is 0 Å². The summed E-state index contributed by atoms with van der Waals surface area (Å²) in [4.78, 5) is 29.8. The molecule has 6 nitrogen and oxygen atoms in total. The van der Waals surface area contributed by atoms with Crippen LogP contribution in [0.3, 0.4) is 0 Å². The third-order valence-electron chi connectivity index (χ3n) is 11.4. The quantitative estimate of drug-likeness (QED) is 0.144. The van der Waals surface area contributed by atoms with E-state index in [0.29, 0.717) is 34.9 Å². The Morgan fingerprint density at radius 3 is 0.922 bits per heavy atom. The molecule has 0 amide bonds. The van der Waals surface area contributed by atoms with Crippen LogP contribution in [-0.2, 0) is 0 Å². The fourth-order valence-electron chi connectivity index (χ4n) is 8.25. The molecule has 2 aromatic heterocycles. The lowest BCUT2D eigenvalue weighted by molar-refractivity contribution is 1.07. The summed E-state index contributed by atoms with van der Waals surface area (Å²) in [5.41, 5.74) is 12.2. The SMILES string of the molecule is c1ccc(-c2nc(-c3ccccc3)nc(-c3ccc(-c4cccc(-c5cccc6ccccc56)c4-c4ccc(-c5nc(-c6ccccc6)nc(-c6ccccc6)n5)cc4)cc3)n2)cc1. The molecule has 0 N–H and O–H groups in total. The van der Waals surface area contributed by atoms with Gasteiger partial charge in [0, 0.05) is 33.4 Å². The Labute approximate surface area is 371 Å². The van der Waals surface area contributed by atoms with Crippen molar-refractivity contribution in [3.63, 3.8) is 0 Å². The van der Waals surface area contributed by atoms with Crippen molar-refractivity contribution in [3.05, 3.63) is 231 Å². The summed E-state index contributed by atoms with van der Waals surface area (Å²) in [6.07, 6.45) is 0. The average molecular weight is 819 g/mol. The van der Waals surface area contributed by atoms with Gasteiger partial charge in [-0.15, -0.1) is 0 Å². The predicted octanol–water partition coefficient (Wildman–Crippen LogP) is 14.2. The minimum absolute atomic E-state index is 0.613. The van der Waals surface area contributed by atoms with Crippen LogP contribution in [0.2, 0.25) is 0 Å². The normalized spacial score (nSPS) is 11.1. The molecule has 0 fully saturated rings. The van der Waals surface area contributed by atoms with Crippen molar-refractivity contribution in [3.8, 4) is 102 Å². The number of aromatic nitrogens is 6. The van der Waals surface area contributed by atoms with Gasteiger partial charge in [0.2, 0.25) is 0 Å². The van der Waals surface area contributed by atoms with E-state index in [-0.39, 0.29) is 0 Å². The minimum atomic E-state index is 0.613. The molecule has 9 aromatic carbocycles. The maximum absolute atomic E-state index is 5.01. The molecule has 300 valence electrons. The molecule has 11 aromatic rings. The van der Waals surface area contributed by atoms with Crippen LogP contribution in [0, 0.1) is 0 Å². The van der Waals surface area contributed by atoms with Crippen LogP contribution < -0.4 is 0 Å². The second-order valence-electron chi connectivity index (χ2n) is 15.5. The van der Waals surface area contributed by atoms with E-state index < -0.39 is 0 Å². The summed E-state index contributed by atoms with van der Waals surface area (Å²) < 4.78 is 0. The smallest absolute Gasteiger partial charge is 0.164 e. The molecule has 0 bridgehead atoms. The third-order valence-corrected chi connectivity index (χ3v) is 11.4. The Hall–Kier alpha value is -8.74. The lowest BCUT2D eigenvalue weighted by Crippen LogP contribution is -2.00. The molecule has 0 aliphatic rings. The lowest BCUT2D eigenvalue weighted by atomic mass is 9.86. The Morgan fingerprint density at radius 1 is 0.188 bits per heavy atom. The van der Waals surface area contributed by atoms with Crippen LogP contribution >= 0.6 is 0 Å². The fourth-order valence-corrected chi connectivity index (χ4v) is 8.25. The first-order valence-corrected chi connectivity index (χ1v) is 21.3. The Kier molecular flexibility index (Phi) is 10.1. The van der Waals surface area contributed by atoms with E-state index in [2.05, 4.69) is 109 Å². The summed E-state index contributed by atoms with van der Waals surface area (Å²) in [7, 11) is 0. The van der Waals surface area contributed by atoms with Gasteiger partial charge in [-0.1, -0.05) is 231 Å². The second kappa shape index (κ2) is 17.0. The number of hydrogen-bond donors (Lipinski definition) is 0. The van der Waals surface area contributed by atoms with Gasteiger partial charge in [-0.05, 0) is 44.2 Å². The zero-order chi connectivity index (χ0) is 42.7. The van der Waals surface area contributed by atoms with Crippen molar-refractivity contribution in [2.75, 3.05) is 0 Å². The van der Waals surface area contributed by atoms with Crippen molar-refractivity contribution in [2.45, 2.75) is 0 Å². The van der Waals surface area contributed by atoms with Gasteiger partial charge in [0.25, 0.3) is 0 Å². The number of fused-ring (bicyclic) bond motifs is 1. The van der Waals surface area contributed by atoms with E-state index in [1.165, 1.54) is 16.3 Å². The van der Waals surface area contributed by atoms with Crippen molar-refractivity contribution in [1.82, 2.24) is 29.9 Å². The van der Waals surface area contributed by atoms with Gasteiger partial charge in [0.05, 0.1) is 0 Å². The first-order valence-electron chi connectivity index (χ1n) is 21.3. The van der Waals surface area contributed by atoms with Crippen LogP contribution in [0.15, 0.2) is 231 Å². The summed E-state index contributed by atoms with van der Waals surface area (Å²) in [5.74, 6) is 3.75. The molecule has 0 aliphatic heterocycles. The summed E-state index contributed by atoms with van der Waals surface area (Å²) >= 11 is 0. The van der Waals surface area contributed by atoms with Gasteiger partial charge in [0.1, 0.15) is 0 Å². The highest BCUT2D eigenvalue weighted by Gasteiger charge is 2.19. The molecule has 11 rings (SSSR count). The zero-order valence-electron chi connectivity index (χ0n) is 34.6. The van der Waals surface area contributed by atoms with Gasteiger partial charge < -0.3 is 0 Å². The highest BCUT2D eigenvalue weighted by molar-refractivity contribution is 6.04. The summed E-state index contributed by atoms with van der Waals surface area (Å²) in [6, 6.07) is 79.2. The Balaban J connectivity index is 1.03. The first-order chi connectivity index (χ1) is 31.7. The zero-order valence-corrected chi connectivity index (χ0v) is 34.6. The molecule has 0 saturated heterocycles. The molecule has 0 aliphatic carbocycles. The molecule has 64 heavy (non-hydrogen) atoms. The number of benzene rings is 9. The average Bonchev–Trinajstić information content (AvgIpc) is 3.39. The molecular weight excluding hydrogens is 781 g/mol. The van der Waals surface area contributed by atoms with E-state index >= 15 is 0 Å². The third kappa shape index (κ3) is 7.61. The number of rotatable bonds is 9. The van der Waals surface area contributed by atoms with Gasteiger partial charge in [-0.25, -0.2) is 29.9 Å². The highest BCUT2D eigenvalue weighted by atomic mass is 15.0. The van der Waals surface area contributed by atoms with Crippen LogP contribution in [-0.4, -0.2) is 29.9 Å². The van der Waals surface area contributed by atoms with Crippen molar-refractivity contribution in [2.24, 2.45) is 0 Å². The van der Waals surface area contributed by atoms with Crippen LogP contribution in [0.4, 0.5) is 0 Å². The summed E-state index contributed by atoms with van der Waals surface area (Å²) in [5, 5.41) is 2.39. The van der Waals surface area contributed by atoms with E-state index in [1.807, 2.05) is 121 Å². The monoisotopic (exact) mass is 818 g/mol. The minimum Gasteiger partial charge on any atom is -0.208 e. The maximum Gasteiger partial charge on any atom is 0.164 e. The number of hydrogen-bond acceptors (Lipinski definition) is 6. The Bertz CT molecular complexity index is 3270. The maximum atomic E-state index is 5.01. The molecule has 0 saturated carbocycles. The lowest BCUT2D eigenvalue weighted by Gasteiger charge is -2.18. The van der Waals surface area contributed by atoms with Gasteiger partial charge in [0.15, 0.2) is 34.9 Å². The fraction of sp³-hybridized carbons (Fsp3) is 0. The van der Waals surface area contributed by atoms with E-state index in [4.69, 9.17) is 29.9 Å². The van der Waals surface area contributed by atoms with Gasteiger partial charge >= 0.3 is 0 Å². The molecular formula is C58H38N6. The molecule has 0 atom stereocenters. The molecule has 0 unspecified atom stereocenters. The molecule has 0 radical (unpaired) electrons.